The summed E-state index contributed by atoms with van der Waals surface area (Å²) >= 11 is 0. The van der Waals surface area contributed by atoms with Crippen molar-refractivity contribution in [3.63, 3.8) is 0 Å². The van der Waals surface area contributed by atoms with Crippen molar-refractivity contribution in [3.8, 4) is 5.75 Å². The van der Waals surface area contributed by atoms with E-state index in [1.54, 1.807) is 7.11 Å². The van der Waals surface area contributed by atoms with E-state index in [1.807, 2.05) is 7.11 Å². The van der Waals surface area contributed by atoms with Gasteiger partial charge in [-0.15, -0.1) is 0 Å². The summed E-state index contributed by atoms with van der Waals surface area (Å²) in [5, 5.41) is 0. The minimum absolute atomic E-state index is 0.504. The lowest BCUT2D eigenvalue weighted by atomic mass is 9.76. The Morgan fingerprint density at radius 1 is 1.12 bits per heavy atom. The van der Waals surface area contributed by atoms with Gasteiger partial charge in [0.15, 0.2) is 0 Å². The van der Waals surface area contributed by atoms with Gasteiger partial charge in [-0.25, -0.2) is 0 Å². The Kier molecular flexibility index (Phi) is 6.03. The average molecular weight is 347 g/mol. The fourth-order valence-electron chi connectivity index (χ4n) is 4.69. The average Bonchev–Trinajstić information content (AvgIpc) is 2.97. The van der Waals surface area contributed by atoms with Crippen LogP contribution in [-0.4, -0.2) is 62.3 Å². The van der Waals surface area contributed by atoms with Crippen molar-refractivity contribution in [2.24, 2.45) is 5.41 Å². The molecule has 2 saturated heterocycles. The van der Waals surface area contributed by atoms with E-state index in [0.717, 1.165) is 18.9 Å². The second-order valence-corrected chi connectivity index (χ2v) is 8.20. The zero-order valence-electron chi connectivity index (χ0n) is 16.3. The standard InChI is InChI=1S/C21H34N2O2/c1-17(2)23-16-21(13-19(23)15-24-3)9-11-22(12-10-21)14-18-5-7-20(25-4)8-6-18/h5-8,17,19H,9-16H2,1-4H3/t19-/m1/s1. The minimum atomic E-state index is 0.504. The van der Waals surface area contributed by atoms with Crippen molar-refractivity contribution < 1.29 is 9.47 Å². The van der Waals surface area contributed by atoms with E-state index < -0.39 is 0 Å². The fourth-order valence-corrected chi connectivity index (χ4v) is 4.69. The number of hydrogen-bond donors (Lipinski definition) is 0. The van der Waals surface area contributed by atoms with Gasteiger partial charge in [0.05, 0.1) is 13.7 Å². The summed E-state index contributed by atoms with van der Waals surface area (Å²) in [5.74, 6) is 0.935. The van der Waals surface area contributed by atoms with Gasteiger partial charge in [0.2, 0.25) is 0 Å². The topological polar surface area (TPSA) is 24.9 Å². The van der Waals surface area contributed by atoms with Crippen molar-refractivity contribution in [3.05, 3.63) is 29.8 Å². The summed E-state index contributed by atoms with van der Waals surface area (Å²) in [5.41, 5.74) is 1.88. The molecule has 3 rings (SSSR count). The Morgan fingerprint density at radius 2 is 1.80 bits per heavy atom. The molecule has 140 valence electrons. The number of nitrogens with zero attached hydrogens (tertiary/aromatic N) is 2. The van der Waals surface area contributed by atoms with Gasteiger partial charge in [-0.1, -0.05) is 12.1 Å². The van der Waals surface area contributed by atoms with Gasteiger partial charge in [0.25, 0.3) is 0 Å². The molecular weight excluding hydrogens is 312 g/mol. The molecule has 1 spiro atoms. The monoisotopic (exact) mass is 346 g/mol. The lowest BCUT2D eigenvalue weighted by Crippen LogP contribution is -2.42. The summed E-state index contributed by atoms with van der Waals surface area (Å²) in [4.78, 5) is 5.28. The lowest BCUT2D eigenvalue weighted by molar-refractivity contribution is 0.0915. The summed E-state index contributed by atoms with van der Waals surface area (Å²) < 4.78 is 10.8. The smallest absolute Gasteiger partial charge is 0.118 e. The number of likely N-dealkylation sites (tertiary alicyclic amines) is 2. The second-order valence-electron chi connectivity index (χ2n) is 8.20. The molecule has 0 bridgehead atoms. The summed E-state index contributed by atoms with van der Waals surface area (Å²) in [6.07, 6.45) is 3.93. The Hall–Kier alpha value is -1.10. The first-order valence-electron chi connectivity index (χ1n) is 9.65. The normalized spacial score (nSPS) is 24.3. The molecule has 0 aliphatic carbocycles. The molecule has 2 fully saturated rings. The van der Waals surface area contributed by atoms with Gasteiger partial charge >= 0.3 is 0 Å². The molecule has 4 heteroatoms. The molecule has 0 N–H and O–H groups in total. The van der Waals surface area contributed by atoms with Gasteiger partial charge in [-0.05, 0) is 69.3 Å². The van der Waals surface area contributed by atoms with E-state index in [9.17, 15) is 0 Å². The van der Waals surface area contributed by atoms with Gasteiger partial charge in [0, 0.05) is 32.3 Å². The molecule has 1 aromatic rings. The predicted octanol–water partition coefficient (Wildman–Crippen LogP) is 3.41. The quantitative estimate of drug-likeness (QED) is 0.788. The van der Waals surface area contributed by atoms with Crippen LogP contribution in [0.25, 0.3) is 0 Å². The summed E-state index contributed by atoms with van der Waals surface area (Å²) in [6, 6.07) is 9.71. The predicted molar refractivity (Wildman–Crippen MR) is 102 cm³/mol. The number of benzene rings is 1. The molecule has 0 aromatic heterocycles. The van der Waals surface area contributed by atoms with E-state index >= 15 is 0 Å². The van der Waals surface area contributed by atoms with Gasteiger partial charge in [-0.2, -0.15) is 0 Å². The second kappa shape index (κ2) is 8.07. The Labute approximate surface area is 153 Å². The molecule has 1 aromatic carbocycles. The fraction of sp³-hybridized carbons (Fsp3) is 0.714. The van der Waals surface area contributed by atoms with Crippen LogP contribution in [0.5, 0.6) is 5.75 Å². The number of rotatable bonds is 6. The highest BCUT2D eigenvalue weighted by atomic mass is 16.5. The zero-order valence-corrected chi connectivity index (χ0v) is 16.3. The van der Waals surface area contributed by atoms with Gasteiger partial charge in [0.1, 0.15) is 5.75 Å². The molecular formula is C21H34N2O2. The van der Waals surface area contributed by atoms with Crippen molar-refractivity contribution in [2.45, 2.75) is 51.7 Å². The van der Waals surface area contributed by atoms with E-state index in [1.165, 1.54) is 44.5 Å². The van der Waals surface area contributed by atoms with Crippen LogP contribution >= 0.6 is 0 Å². The number of ether oxygens (including phenoxy) is 2. The van der Waals surface area contributed by atoms with Crippen LogP contribution in [0.2, 0.25) is 0 Å². The highest BCUT2D eigenvalue weighted by Crippen LogP contribution is 2.44. The van der Waals surface area contributed by atoms with Crippen LogP contribution in [0, 0.1) is 5.41 Å². The highest BCUT2D eigenvalue weighted by Gasteiger charge is 2.45. The maximum absolute atomic E-state index is 5.50. The third-order valence-corrected chi connectivity index (χ3v) is 6.16. The molecule has 0 radical (unpaired) electrons. The molecule has 0 amide bonds. The molecule has 2 heterocycles. The molecule has 2 aliphatic heterocycles. The molecule has 1 atom stereocenters. The third-order valence-electron chi connectivity index (χ3n) is 6.16. The first kappa shape index (κ1) is 18.7. The molecule has 0 saturated carbocycles. The van der Waals surface area contributed by atoms with Crippen LogP contribution in [0.15, 0.2) is 24.3 Å². The lowest BCUT2D eigenvalue weighted by Gasteiger charge is -2.39. The van der Waals surface area contributed by atoms with Crippen LogP contribution in [0.4, 0.5) is 0 Å². The molecule has 2 aliphatic rings. The zero-order chi connectivity index (χ0) is 17.9. The van der Waals surface area contributed by atoms with Crippen LogP contribution in [0.1, 0.15) is 38.7 Å². The van der Waals surface area contributed by atoms with Crippen LogP contribution < -0.4 is 4.74 Å². The SMILES string of the molecule is COC[C@H]1CC2(CCN(Cc3ccc(OC)cc3)CC2)CN1C(C)C. The minimum Gasteiger partial charge on any atom is -0.497 e. The highest BCUT2D eigenvalue weighted by molar-refractivity contribution is 5.27. The first-order valence-corrected chi connectivity index (χ1v) is 9.65. The number of piperidine rings is 1. The maximum atomic E-state index is 5.50. The molecule has 25 heavy (non-hydrogen) atoms. The number of hydrogen-bond acceptors (Lipinski definition) is 4. The Bertz CT molecular complexity index is 535. The van der Waals surface area contributed by atoms with E-state index in [0.29, 0.717) is 17.5 Å². The van der Waals surface area contributed by atoms with Crippen molar-refractivity contribution in [2.75, 3.05) is 40.5 Å². The van der Waals surface area contributed by atoms with E-state index in [2.05, 4.69) is 47.9 Å². The first-order chi connectivity index (χ1) is 12.0. The van der Waals surface area contributed by atoms with Crippen LogP contribution in [-0.2, 0) is 11.3 Å². The molecule has 4 nitrogen and oxygen atoms in total. The van der Waals surface area contributed by atoms with Crippen molar-refractivity contribution in [1.29, 1.82) is 0 Å². The largest absolute Gasteiger partial charge is 0.497 e. The van der Waals surface area contributed by atoms with E-state index in [-0.39, 0.29) is 0 Å². The Morgan fingerprint density at radius 3 is 2.36 bits per heavy atom. The van der Waals surface area contributed by atoms with Crippen molar-refractivity contribution in [1.82, 2.24) is 9.80 Å². The maximum Gasteiger partial charge on any atom is 0.118 e. The van der Waals surface area contributed by atoms with Gasteiger partial charge < -0.3 is 9.47 Å². The Balaban J connectivity index is 1.55. The van der Waals surface area contributed by atoms with Gasteiger partial charge in [-0.3, -0.25) is 9.80 Å². The summed E-state index contributed by atoms with van der Waals surface area (Å²) in [6.45, 7) is 10.2. The van der Waals surface area contributed by atoms with E-state index in [4.69, 9.17) is 9.47 Å². The third kappa shape index (κ3) is 4.36. The molecule has 0 unspecified atom stereocenters. The van der Waals surface area contributed by atoms with Crippen molar-refractivity contribution >= 4 is 0 Å². The summed E-state index contributed by atoms with van der Waals surface area (Å²) in [7, 11) is 3.55. The van der Waals surface area contributed by atoms with Crippen LogP contribution in [0.3, 0.4) is 0 Å². The number of methoxy groups -OCH3 is 2.